The summed E-state index contributed by atoms with van der Waals surface area (Å²) >= 11 is 0. The lowest BCUT2D eigenvalue weighted by Crippen LogP contribution is -2.56. The number of benzene rings is 1. The number of aryl methyl sites for hydroxylation is 1. The number of terminal acetylenes is 1. The number of ether oxygens (including phenoxy) is 1. The summed E-state index contributed by atoms with van der Waals surface area (Å²) in [6.45, 7) is 7.16. The SMILES string of the molecule is C#CC[C@H](NC(=O)[C@H](C)N(C)C(=O)OC(C)(C)C)C(=O)N1CCC[C@H]1C(=O)N[C@@H]1CCCc2ccccc21.S.S.S. The van der Waals surface area contributed by atoms with Gasteiger partial charge in [0.2, 0.25) is 17.7 Å². The second kappa shape index (κ2) is 16.8. The zero-order chi connectivity index (χ0) is 28.0. The van der Waals surface area contributed by atoms with Crippen LogP contribution in [0.15, 0.2) is 24.3 Å². The fourth-order valence-corrected chi connectivity index (χ4v) is 4.95. The number of carbonyl (C=O) groups excluding carboxylic acids is 4. The van der Waals surface area contributed by atoms with Crippen molar-refractivity contribution in [2.75, 3.05) is 13.6 Å². The molecule has 41 heavy (non-hydrogen) atoms. The van der Waals surface area contributed by atoms with Gasteiger partial charge in [-0.15, -0.1) is 12.3 Å². The first kappa shape index (κ1) is 38.5. The van der Waals surface area contributed by atoms with Gasteiger partial charge in [0.05, 0.1) is 6.04 Å². The van der Waals surface area contributed by atoms with E-state index in [0.29, 0.717) is 19.4 Å². The molecule has 2 aliphatic rings. The molecule has 1 saturated heterocycles. The van der Waals surface area contributed by atoms with E-state index in [1.165, 1.54) is 22.4 Å². The van der Waals surface area contributed by atoms with Crippen LogP contribution in [0.5, 0.6) is 0 Å². The Hall–Kier alpha value is -2.49. The van der Waals surface area contributed by atoms with Crippen LogP contribution < -0.4 is 10.6 Å². The van der Waals surface area contributed by atoms with E-state index in [1.54, 1.807) is 27.7 Å². The minimum absolute atomic E-state index is 0. The van der Waals surface area contributed by atoms with Crippen molar-refractivity contribution in [2.24, 2.45) is 0 Å². The number of nitrogens with one attached hydrogen (secondary N) is 2. The average molecular weight is 627 g/mol. The third-order valence-electron chi connectivity index (χ3n) is 7.10. The number of likely N-dealkylation sites (tertiary alicyclic amines) is 1. The van der Waals surface area contributed by atoms with Gasteiger partial charge in [0, 0.05) is 20.0 Å². The zero-order valence-corrected chi connectivity index (χ0v) is 27.6. The molecule has 9 nitrogen and oxygen atoms in total. The molecular formula is C29H46N4O5S3. The Bertz CT molecular complexity index is 1100. The Morgan fingerprint density at radius 3 is 2.41 bits per heavy atom. The van der Waals surface area contributed by atoms with E-state index in [1.807, 2.05) is 18.2 Å². The van der Waals surface area contributed by atoms with Crippen LogP contribution in [0.2, 0.25) is 0 Å². The fraction of sp³-hybridized carbons (Fsp3) is 0.586. The maximum atomic E-state index is 13.5. The van der Waals surface area contributed by atoms with Gasteiger partial charge in [-0.2, -0.15) is 40.5 Å². The molecule has 1 aliphatic carbocycles. The molecular weight excluding hydrogens is 581 g/mol. The zero-order valence-electron chi connectivity index (χ0n) is 24.6. The summed E-state index contributed by atoms with van der Waals surface area (Å²) in [5.74, 6) is 1.32. The van der Waals surface area contributed by atoms with Crippen molar-refractivity contribution in [3.63, 3.8) is 0 Å². The standard InChI is InChI=1S/C29H40N4O5.3H2S/c1-7-12-23(31-25(34)19(2)32(6)28(37)38-29(3,4)5)27(36)33-18-11-17-24(33)26(35)30-22-16-10-14-20-13-8-9-15-21(20)22;;;/h1,8-9,13,15,19,22-24H,10-12,14,16-18H2,2-6H3,(H,30,35)(H,31,34);3*1H2/t19-,22+,23-,24-;;;/m0.../s1. The van der Waals surface area contributed by atoms with E-state index in [2.05, 4.69) is 22.6 Å². The van der Waals surface area contributed by atoms with Crippen LogP contribution in [0.4, 0.5) is 4.79 Å². The van der Waals surface area contributed by atoms with Gasteiger partial charge in [-0.3, -0.25) is 19.3 Å². The first-order valence-corrected chi connectivity index (χ1v) is 13.3. The van der Waals surface area contributed by atoms with E-state index in [9.17, 15) is 19.2 Å². The number of carbonyl (C=O) groups is 4. The highest BCUT2D eigenvalue weighted by molar-refractivity contribution is 7.59. The monoisotopic (exact) mass is 626 g/mol. The maximum absolute atomic E-state index is 13.5. The quantitative estimate of drug-likeness (QED) is 0.452. The minimum atomic E-state index is -1.01. The largest absolute Gasteiger partial charge is 0.444 e. The summed E-state index contributed by atoms with van der Waals surface area (Å²) in [6.07, 6.45) is 8.89. The number of nitrogens with zero attached hydrogens (tertiary/aromatic N) is 2. The topological polar surface area (TPSA) is 108 Å². The molecule has 230 valence electrons. The van der Waals surface area contributed by atoms with E-state index >= 15 is 0 Å². The lowest BCUT2D eigenvalue weighted by Gasteiger charge is -2.32. The molecule has 0 saturated carbocycles. The van der Waals surface area contributed by atoms with Crippen LogP contribution in [-0.4, -0.2) is 70.9 Å². The van der Waals surface area contributed by atoms with Gasteiger partial charge < -0.3 is 20.3 Å². The lowest BCUT2D eigenvalue weighted by atomic mass is 9.87. The molecule has 0 radical (unpaired) electrons. The molecule has 4 amide bonds. The van der Waals surface area contributed by atoms with E-state index in [0.717, 1.165) is 24.8 Å². The van der Waals surface area contributed by atoms with Crippen LogP contribution in [0.1, 0.15) is 77.0 Å². The fourth-order valence-electron chi connectivity index (χ4n) is 4.95. The van der Waals surface area contributed by atoms with Crippen LogP contribution in [0, 0.1) is 12.3 Å². The molecule has 0 spiro atoms. The summed E-state index contributed by atoms with van der Waals surface area (Å²) in [4.78, 5) is 54.9. The smallest absolute Gasteiger partial charge is 0.410 e. The predicted molar refractivity (Wildman–Crippen MR) is 175 cm³/mol. The molecule has 2 N–H and O–H groups in total. The Morgan fingerprint density at radius 1 is 1.12 bits per heavy atom. The molecule has 1 heterocycles. The Kier molecular flexibility index (Phi) is 15.8. The molecule has 4 atom stereocenters. The summed E-state index contributed by atoms with van der Waals surface area (Å²) in [6, 6.07) is 5.49. The molecule has 0 bridgehead atoms. The number of hydrogen-bond acceptors (Lipinski definition) is 5. The number of fused-ring (bicyclic) bond motifs is 1. The molecule has 12 heteroatoms. The highest BCUT2D eigenvalue weighted by atomic mass is 32.1. The van der Waals surface area contributed by atoms with Crippen LogP contribution in [-0.2, 0) is 25.5 Å². The van der Waals surface area contributed by atoms with Crippen LogP contribution in [0.3, 0.4) is 0 Å². The third kappa shape index (κ3) is 10.1. The van der Waals surface area contributed by atoms with Crippen molar-refractivity contribution in [3.8, 4) is 12.3 Å². The number of amides is 4. The number of likely N-dealkylation sites (N-methyl/N-ethyl adjacent to an activating group) is 1. The van der Waals surface area contributed by atoms with Gasteiger partial charge in [0.15, 0.2) is 0 Å². The summed E-state index contributed by atoms with van der Waals surface area (Å²) in [5.41, 5.74) is 1.66. The molecule has 3 rings (SSSR count). The lowest BCUT2D eigenvalue weighted by molar-refractivity contribution is -0.142. The average Bonchev–Trinajstić information content (AvgIpc) is 3.36. The van der Waals surface area contributed by atoms with Gasteiger partial charge in [0.25, 0.3) is 0 Å². The van der Waals surface area contributed by atoms with Crippen molar-refractivity contribution in [2.45, 2.75) is 96.0 Å². The van der Waals surface area contributed by atoms with Crippen molar-refractivity contribution in [1.29, 1.82) is 0 Å². The van der Waals surface area contributed by atoms with Gasteiger partial charge in [-0.25, -0.2) is 4.79 Å². The first-order valence-electron chi connectivity index (χ1n) is 13.3. The molecule has 1 fully saturated rings. The van der Waals surface area contributed by atoms with Gasteiger partial charge >= 0.3 is 6.09 Å². The first-order chi connectivity index (χ1) is 17.9. The van der Waals surface area contributed by atoms with E-state index in [4.69, 9.17) is 11.2 Å². The number of hydrogen-bond donors (Lipinski definition) is 2. The molecule has 1 aromatic carbocycles. The highest BCUT2D eigenvalue weighted by Crippen LogP contribution is 2.30. The Balaban J connectivity index is 0.00000533. The second-order valence-electron chi connectivity index (χ2n) is 11.1. The van der Waals surface area contributed by atoms with Crippen molar-refractivity contribution in [1.82, 2.24) is 20.4 Å². The third-order valence-corrected chi connectivity index (χ3v) is 7.10. The van der Waals surface area contributed by atoms with Gasteiger partial charge in [-0.05, 0) is 70.9 Å². The second-order valence-corrected chi connectivity index (χ2v) is 11.1. The molecule has 0 aromatic heterocycles. The maximum Gasteiger partial charge on any atom is 0.410 e. The Labute approximate surface area is 265 Å². The van der Waals surface area contributed by atoms with Crippen LogP contribution >= 0.6 is 40.5 Å². The van der Waals surface area contributed by atoms with Crippen molar-refractivity contribution in [3.05, 3.63) is 35.4 Å². The van der Waals surface area contributed by atoms with Crippen LogP contribution in [0.25, 0.3) is 0 Å². The number of rotatable bonds is 7. The minimum Gasteiger partial charge on any atom is -0.444 e. The van der Waals surface area contributed by atoms with Crippen molar-refractivity contribution < 1.29 is 23.9 Å². The highest BCUT2D eigenvalue weighted by Gasteiger charge is 2.39. The van der Waals surface area contributed by atoms with Gasteiger partial charge in [0.1, 0.15) is 23.7 Å². The van der Waals surface area contributed by atoms with E-state index < -0.39 is 41.6 Å². The summed E-state index contributed by atoms with van der Waals surface area (Å²) in [5, 5.41) is 5.85. The molecule has 1 aliphatic heterocycles. The Morgan fingerprint density at radius 2 is 1.78 bits per heavy atom. The molecule has 0 unspecified atom stereocenters. The van der Waals surface area contributed by atoms with E-state index in [-0.39, 0.29) is 58.9 Å². The van der Waals surface area contributed by atoms with Gasteiger partial charge in [-0.1, -0.05) is 24.3 Å². The normalized spacial score (nSPS) is 18.9. The molecule has 1 aromatic rings. The predicted octanol–water partition coefficient (Wildman–Crippen LogP) is 3.27. The van der Waals surface area contributed by atoms with Crippen molar-refractivity contribution >= 4 is 64.3 Å². The summed E-state index contributed by atoms with van der Waals surface area (Å²) in [7, 11) is 1.46. The summed E-state index contributed by atoms with van der Waals surface area (Å²) < 4.78 is 5.33.